The van der Waals surface area contributed by atoms with Crippen molar-refractivity contribution in [1.29, 1.82) is 0 Å². The van der Waals surface area contributed by atoms with Crippen LogP contribution >= 0.6 is 11.3 Å². The molecule has 0 bridgehead atoms. The predicted molar refractivity (Wildman–Crippen MR) is 71.5 cm³/mol. The summed E-state index contributed by atoms with van der Waals surface area (Å²) in [5, 5.41) is 3.02. The number of nitrogens with zero attached hydrogens (tertiary/aromatic N) is 1. The molecule has 18 heavy (non-hydrogen) atoms. The standard InChI is InChI=1S/C14H14N2OS/c17-9-16-14(11-5-2-1-3-6-11)8-4-7-12-13(14)15-10-18-12/h1-3,5-6,9-10H,4,7-8H2,(H,16,17). The van der Waals surface area contributed by atoms with Crippen molar-refractivity contribution in [3.05, 3.63) is 52.0 Å². The van der Waals surface area contributed by atoms with E-state index in [0.717, 1.165) is 36.9 Å². The van der Waals surface area contributed by atoms with Crippen molar-refractivity contribution in [2.45, 2.75) is 24.8 Å². The molecule has 3 rings (SSSR count). The first-order valence-corrected chi connectivity index (χ1v) is 6.94. The lowest BCUT2D eigenvalue weighted by atomic mass is 9.78. The molecule has 4 heteroatoms. The third-order valence-corrected chi connectivity index (χ3v) is 4.47. The van der Waals surface area contributed by atoms with Gasteiger partial charge in [0.15, 0.2) is 0 Å². The number of benzene rings is 1. The van der Waals surface area contributed by atoms with Gasteiger partial charge in [0.1, 0.15) is 5.54 Å². The molecule has 0 radical (unpaired) electrons. The highest BCUT2D eigenvalue weighted by Crippen LogP contribution is 2.40. The van der Waals surface area contributed by atoms with Crippen molar-refractivity contribution in [3.63, 3.8) is 0 Å². The van der Waals surface area contributed by atoms with E-state index < -0.39 is 5.54 Å². The fraction of sp³-hybridized carbons (Fsp3) is 0.286. The number of nitrogens with one attached hydrogen (secondary N) is 1. The van der Waals surface area contributed by atoms with E-state index in [1.54, 1.807) is 11.3 Å². The average molecular weight is 258 g/mol. The molecule has 1 aliphatic carbocycles. The Balaban J connectivity index is 2.18. The lowest BCUT2D eigenvalue weighted by molar-refractivity contribution is -0.111. The number of carbonyl (C=O) groups excluding carboxylic acids is 1. The Kier molecular flexibility index (Phi) is 2.88. The van der Waals surface area contributed by atoms with Crippen LogP contribution in [0.5, 0.6) is 0 Å². The number of aromatic nitrogens is 1. The maximum Gasteiger partial charge on any atom is 0.208 e. The van der Waals surface area contributed by atoms with Crippen LogP contribution in [0.1, 0.15) is 29.0 Å². The van der Waals surface area contributed by atoms with Gasteiger partial charge in [-0.2, -0.15) is 0 Å². The van der Waals surface area contributed by atoms with E-state index >= 15 is 0 Å². The van der Waals surface area contributed by atoms with Crippen LogP contribution in [-0.4, -0.2) is 11.4 Å². The molecule has 1 amide bonds. The smallest absolute Gasteiger partial charge is 0.208 e. The summed E-state index contributed by atoms with van der Waals surface area (Å²) in [6.07, 6.45) is 3.84. The molecule has 1 heterocycles. The molecule has 1 N–H and O–H groups in total. The molecule has 1 aromatic carbocycles. The topological polar surface area (TPSA) is 42.0 Å². The summed E-state index contributed by atoms with van der Waals surface area (Å²) in [5.41, 5.74) is 3.58. The van der Waals surface area contributed by atoms with Gasteiger partial charge in [0.05, 0.1) is 11.2 Å². The lowest BCUT2D eigenvalue weighted by Gasteiger charge is -2.36. The normalized spacial score (nSPS) is 22.2. The molecule has 0 saturated carbocycles. The zero-order valence-corrected chi connectivity index (χ0v) is 10.7. The highest BCUT2D eigenvalue weighted by molar-refractivity contribution is 7.09. The average Bonchev–Trinajstić information content (AvgIpc) is 2.90. The highest BCUT2D eigenvalue weighted by Gasteiger charge is 2.40. The van der Waals surface area contributed by atoms with Crippen molar-refractivity contribution in [3.8, 4) is 0 Å². The fourth-order valence-electron chi connectivity index (χ4n) is 2.76. The molecule has 1 aliphatic rings. The van der Waals surface area contributed by atoms with Crippen LogP contribution < -0.4 is 5.32 Å². The van der Waals surface area contributed by atoms with Gasteiger partial charge in [-0.25, -0.2) is 4.98 Å². The van der Waals surface area contributed by atoms with Crippen LogP contribution in [0.4, 0.5) is 0 Å². The Morgan fingerprint density at radius 2 is 2.17 bits per heavy atom. The van der Waals surface area contributed by atoms with Crippen LogP contribution in [0.3, 0.4) is 0 Å². The van der Waals surface area contributed by atoms with Gasteiger partial charge in [-0.15, -0.1) is 11.3 Å². The molecule has 0 saturated heterocycles. The van der Waals surface area contributed by atoms with E-state index in [-0.39, 0.29) is 0 Å². The zero-order valence-electron chi connectivity index (χ0n) is 9.93. The third-order valence-electron chi connectivity index (χ3n) is 3.57. The summed E-state index contributed by atoms with van der Waals surface area (Å²) < 4.78 is 0. The molecule has 2 aromatic rings. The number of aryl methyl sites for hydroxylation is 1. The minimum absolute atomic E-state index is 0.434. The van der Waals surface area contributed by atoms with Crippen molar-refractivity contribution in [2.75, 3.05) is 0 Å². The van der Waals surface area contributed by atoms with Gasteiger partial charge in [0.2, 0.25) is 6.41 Å². The molecular formula is C14H14N2OS. The van der Waals surface area contributed by atoms with E-state index in [1.807, 2.05) is 23.7 Å². The van der Waals surface area contributed by atoms with Gasteiger partial charge in [0, 0.05) is 4.88 Å². The highest BCUT2D eigenvalue weighted by atomic mass is 32.1. The van der Waals surface area contributed by atoms with Gasteiger partial charge < -0.3 is 5.32 Å². The summed E-state index contributed by atoms with van der Waals surface area (Å²) in [5.74, 6) is 0. The minimum Gasteiger partial charge on any atom is -0.343 e. The maximum atomic E-state index is 11.0. The SMILES string of the molecule is O=CNC1(c2ccccc2)CCCc2scnc21. The Morgan fingerprint density at radius 1 is 1.33 bits per heavy atom. The Morgan fingerprint density at radius 3 is 2.94 bits per heavy atom. The van der Waals surface area contributed by atoms with Gasteiger partial charge in [-0.1, -0.05) is 30.3 Å². The minimum atomic E-state index is -0.434. The number of carbonyl (C=O) groups is 1. The summed E-state index contributed by atoms with van der Waals surface area (Å²) in [4.78, 5) is 16.8. The largest absolute Gasteiger partial charge is 0.343 e. The predicted octanol–water partition coefficient (Wildman–Crippen LogP) is 2.47. The molecular weight excluding hydrogens is 244 g/mol. The molecule has 0 fully saturated rings. The zero-order chi connectivity index (χ0) is 12.4. The quantitative estimate of drug-likeness (QED) is 0.859. The number of hydrogen-bond acceptors (Lipinski definition) is 3. The van der Waals surface area contributed by atoms with Gasteiger partial charge in [-0.3, -0.25) is 4.79 Å². The van der Waals surface area contributed by atoms with E-state index in [9.17, 15) is 4.79 Å². The molecule has 1 unspecified atom stereocenters. The molecule has 0 spiro atoms. The monoisotopic (exact) mass is 258 g/mol. The summed E-state index contributed by atoms with van der Waals surface area (Å²) >= 11 is 1.68. The number of amides is 1. The van der Waals surface area contributed by atoms with Gasteiger partial charge in [0.25, 0.3) is 0 Å². The lowest BCUT2D eigenvalue weighted by Crippen LogP contribution is -2.45. The molecule has 1 atom stereocenters. The van der Waals surface area contributed by atoms with E-state index in [4.69, 9.17) is 0 Å². The molecule has 0 aliphatic heterocycles. The van der Waals surface area contributed by atoms with Gasteiger partial charge >= 0.3 is 0 Å². The molecule has 3 nitrogen and oxygen atoms in total. The molecule has 92 valence electrons. The van der Waals surface area contributed by atoms with E-state index in [2.05, 4.69) is 22.4 Å². The second-order valence-corrected chi connectivity index (χ2v) is 5.45. The number of hydrogen-bond donors (Lipinski definition) is 1. The molecule has 1 aromatic heterocycles. The summed E-state index contributed by atoms with van der Waals surface area (Å²) in [6, 6.07) is 10.1. The number of thiazole rings is 1. The van der Waals surface area contributed by atoms with E-state index in [1.165, 1.54) is 4.88 Å². The van der Waals surface area contributed by atoms with Crippen molar-refractivity contribution >= 4 is 17.7 Å². The second-order valence-electron chi connectivity index (χ2n) is 4.51. The van der Waals surface area contributed by atoms with Crippen molar-refractivity contribution < 1.29 is 4.79 Å². The first-order chi connectivity index (χ1) is 8.87. The van der Waals surface area contributed by atoms with Crippen LogP contribution in [-0.2, 0) is 16.8 Å². The van der Waals surface area contributed by atoms with Crippen LogP contribution in [0.15, 0.2) is 35.8 Å². The summed E-state index contributed by atoms with van der Waals surface area (Å²) in [7, 11) is 0. The van der Waals surface area contributed by atoms with Gasteiger partial charge in [-0.05, 0) is 24.8 Å². The van der Waals surface area contributed by atoms with Crippen LogP contribution in [0, 0.1) is 0 Å². The fourth-order valence-corrected chi connectivity index (χ4v) is 3.64. The maximum absolute atomic E-state index is 11.0. The van der Waals surface area contributed by atoms with Crippen molar-refractivity contribution in [2.24, 2.45) is 0 Å². The van der Waals surface area contributed by atoms with Crippen LogP contribution in [0.2, 0.25) is 0 Å². The van der Waals surface area contributed by atoms with Crippen LogP contribution in [0.25, 0.3) is 0 Å². The number of rotatable bonds is 3. The first kappa shape index (κ1) is 11.4. The first-order valence-electron chi connectivity index (χ1n) is 6.06. The number of fused-ring (bicyclic) bond motifs is 1. The Labute approximate surface area is 110 Å². The summed E-state index contributed by atoms with van der Waals surface area (Å²) in [6.45, 7) is 0. The Bertz CT molecular complexity index is 552. The Hall–Kier alpha value is -1.68. The van der Waals surface area contributed by atoms with Crippen molar-refractivity contribution in [1.82, 2.24) is 10.3 Å². The van der Waals surface area contributed by atoms with E-state index in [0.29, 0.717) is 0 Å². The third kappa shape index (κ3) is 1.64. The second kappa shape index (κ2) is 4.53.